The zero-order valence-corrected chi connectivity index (χ0v) is 19.1. The van der Waals surface area contributed by atoms with Gasteiger partial charge < -0.3 is 19.3 Å². The monoisotopic (exact) mass is 460 g/mol. The molecule has 0 spiro atoms. The number of anilines is 1. The summed E-state index contributed by atoms with van der Waals surface area (Å²) in [7, 11) is 0. The van der Waals surface area contributed by atoms with Gasteiger partial charge in [-0.1, -0.05) is 30.3 Å². The Morgan fingerprint density at radius 2 is 1.91 bits per heavy atom. The molecule has 0 saturated carbocycles. The van der Waals surface area contributed by atoms with Gasteiger partial charge in [-0.3, -0.25) is 4.79 Å². The smallest absolute Gasteiger partial charge is 0.228 e. The van der Waals surface area contributed by atoms with Crippen molar-refractivity contribution in [3.63, 3.8) is 0 Å². The molecule has 1 fully saturated rings. The van der Waals surface area contributed by atoms with E-state index in [-0.39, 0.29) is 11.7 Å². The van der Waals surface area contributed by atoms with Gasteiger partial charge in [0, 0.05) is 55.8 Å². The SMILES string of the molecule is Cc1ncc(-c2ccc(N3CCN(C(=O)Cc4csc(-c5ccccc5)n4)CC3)cc2O)o1. The van der Waals surface area contributed by atoms with Gasteiger partial charge in [0.15, 0.2) is 11.7 Å². The van der Waals surface area contributed by atoms with E-state index in [9.17, 15) is 9.90 Å². The van der Waals surface area contributed by atoms with Crippen molar-refractivity contribution in [2.45, 2.75) is 13.3 Å². The predicted octanol–water partition coefficient (Wildman–Crippen LogP) is 4.37. The number of hydrogen-bond acceptors (Lipinski definition) is 7. The van der Waals surface area contributed by atoms with Crippen LogP contribution in [0.15, 0.2) is 64.5 Å². The van der Waals surface area contributed by atoms with Gasteiger partial charge in [-0.05, 0) is 12.1 Å². The molecule has 1 amide bonds. The number of carbonyl (C=O) groups is 1. The van der Waals surface area contributed by atoms with Crippen LogP contribution in [0.4, 0.5) is 5.69 Å². The van der Waals surface area contributed by atoms with Crippen molar-refractivity contribution in [2.75, 3.05) is 31.1 Å². The molecular formula is C25H24N4O3S. The van der Waals surface area contributed by atoms with Gasteiger partial charge in [0.2, 0.25) is 5.91 Å². The number of aromatic hydroxyl groups is 1. The number of carbonyl (C=O) groups excluding carboxylic acids is 1. The Bertz CT molecular complexity index is 1260. The van der Waals surface area contributed by atoms with Crippen LogP contribution in [0.3, 0.4) is 0 Å². The van der Waals surface area contributed by atoms with E-state index in [0.29, 0.717) is 49.8 Å². The number of oxazole rings is 1. The molecule has 3 heterocycles. The van der Waals surface area contributed by atoms with E-state index >= 15 is 0 Å². The lowest BCUT2D eigenvalue weighted by Gasteiger charge is -2.36. The van der Waals surface area contributed by atoms with E-state index in [0.717, 1.165) is 22.0 Å². The fourth-order valence-electron chi connectivity index (χ4n) is 3.99. The number of phenolic OH excluding ortho intramolecular Hbond substituents is 1. The van der Waals surface area contributed by atoms with Crippen LogP contribution in [-0.2, 0) is 11.2 Å². The van der Waals surface area contributed by atoms with E-state index in [2.05, 4.69) is 14.9 Å². The van der Waals surface area contributed by atoms with Crippen LogP contribution in [0.2, 0.25) is 0 Å². The van der Waals surface area contributed by atoms with E-state index < -0.39 is 0 Å². The molecule has 0 bridgehead atoms. The van der Waals surface area contributed by atoms with Crippen LogP contribution >= 0.6 is 11.3 Å². The number of phenols is 1. The lowest BCUT2D eigenvalue weighted by Crippen LogP contribution is -2.49. The van der Waals surface area contributed by atoms with Crippen LogP contribution < -0.4 is 4.90 Å². The Morgan fingerprint density at radius 1 is 1.12 bits per heavy atom. The molecule has 0 unspecified atom stereocenters. The lowest BCUT2D eigenvalue weighted by molar-refractivity contribution is -0.130. The van der Waals surface area contributed by atoms with Crippen LogP contribution in [-0.4, -0.2) is 52.1 Å². The Hall–Kier alpha value is -3.65. The third-order valence-electron chi connectivity index (χ3n) is 5.77. The Morgan fingerprint density at radius 3 is 2.61 bits per heavy atom. The Labute approximate surface area is 196 Å². The minimum absolute atomic E-state index is 0.0958. The molecule has 2 aromatic carbocycles. The van der Waals surface area contributed by atoms with Gasteiger partial charge in [0.1, 0.15) is 10.8 Å². The zero-order valence-electron chi connectivity index (χ0n) is 18.3. The Kier molecular flexibility index (Phi) is 5.83. The molecule has 5 rings (SSSR count). The van der Waals surface area contributed by atoms with Gasteiger partial charge in [-0.25, -0.2) is 9.97 Å². The first kappa shape index (κ1) is 21.2. The van der Waals surface area contributed by atoms with Crippen molar-refractivity contribution < 1.29 is 14.3 Å². The quantitative estimate of drug-likeness (QED) is 0.476. The summed E-state index contributed by atoms with van der Waals surface area (Å²) >= 11 is 1.57. The van der Waals surface area contributed by atoms with Gasteiger partial charge >= 0.3 is 0 Å². The van der Waals surface area contributed by atoms with Crippen molar-refractivity contribution in [3.05, 3.63) is 71.7 Å². The molecule has 7 nitrogen and oxygen atoms in total. The number of benzene rings is 2. The summed E-state index contributed by atoms with van der Waals surface area (Å²) in [6.07, 6.45) is 1.93. The second-order valence-electron chi connectivity index (χ2n) is 8.00. The maximum Gasteiger partial charge on any atom is 0.228 e. The topological polar surface area (TPSA) is 82.7 Å². The van der Waals surface area contributed by atoms with Crippen molar-refractivity contribution >= 4 is 22.9 Å². The van der Waals surface area contributed by atoms with Crippen LogP contribution in [0.1, 0.15) is 11.6 Å². The summed E-state index contributed by atoms with van der Waals surface area (Å²) in [4.78, 5) is 25.6. The maximum absolute atomic E-state index is 12.8. The summed E-state index contributed by atoms with van der Waals surface area (Å²) in [5, 5.41) is 13.4. The summed E-state index contributed by atoms with van der Waals surface area (Å²) in [5.41, 5.74) is 3.43. The number of aryl methyl sites for hydroxylation is 1. The highest BCUT2D eigenvalue weighted by atomic mass is 32.1. The van der Waals surface area contributed by atoms with E-state index in [4.69, 9.17) is 4.42 Å². The summed E-state index contributed by atoms with van der Waals surface area (Å²) in [6.45, 7) is 4.46. The minimum Gasteiger partial charge on any atom is -0.507 e. The number of aromatic nitrogens is 2. The highest BCUT2D eigenvalue weighted by molar-refractivity contribution is 7.13. The summed E-state index contributed by atoms with van der Waals surface area (Å²) < 4.78 is 5.52. The number of piperazine rings is 1. The molecule has 1 N–H and O–H groups in total. The number of rotatable bonds is 5. The average molecular weight is 461 g/mol. The molecule has 0 aliphatic carbocycles. The molecule has 1 aliphatic heterocycles. The number of thiazole rings is 1. The first-order chi connectivity index (χ1) is 16.1. The van der Waals surface area contributed by atoms with Crippen molar-refractivity contribution in [1.82, 2.24) is 14.9 Å². The minimum atomic E-state index is 0.0958. The highest BCUT2D eigenvalue weighted by Crippen LogP contribution is 2.33. The first-order valence-corrected chi connectivity index (χ1v) is 11.7. The van der Waals surface area contributed by atoms with Crippen LogP contribution in [0, 0.1) is 6.92 Å². The van der Waals surface area contributed by atoms with Crippen LogP contribution in [0.25, 0.3) is 21.9 Å². The predicted molar refractivity (Wildman–Crippen MR) is 128 cm³/mol. The normalized spacial score (nSPS) is 14.0. The van der Waals surface area contributed by atoms with E-state index in [1.807, 2.05) is 52.7 Å². The second kappa shape index (κ2) is 9.07. The molecule has 8 heteroatoms. The summed E-state index contributed by atoms with van der Waals surface area (Å²) in [5.74, 6) is 1.35. The standard InChI is InChI=1S/C25H24N4O3S/c1-17-26-15-23(32-17)21-8-7-20(14-22(21)30)28-9-11-29(12-10-28)24(31)13-19-16-33-25(27-19)18-5-3-2-4-6-18/h2-8,14-16,30H,9-13H2,1H3. The third-order valence-corrected chi connectivity index (χ3v) is 6.71. The molecule has 0 radical (unpaired) electrons. The number of hydrogen-bond donors (Lipinski definition) is 1. The van der Waals surface area contributed by atoms with Crippen molar-refractivity contribution in [1.29, 1.82) is 0 Å². The molecule has 33 heavy (non-hydrogen) atoms. The number of nitrogens with zero attached hydrogens (tertiary/aromatic N) is 4. The van der Waals surface area contributed by atoms with Crippen molar-refractivity contribution in [3.8, 4) is 27.6 Å². The van der Waals surface area contributed by atoms with Crippen LogP contribution in [0.5, 0.6) is 5.75 Å². The molecule has 2 aromatic heterocycles. The summed E-state index contributed by atoms with van der Waals surface area (Å²) in [6, 6.07) is 15.6. The molecule has 0 atom stereocenters. The van der Waals surface area contributed by atoms with Gasteiger partial charge in [-0.2, -0.15) is 0 Å². The molecule has 1 aliphatic rings. The second-order valence-corrected chi connectivity index (χ2v) is 8.86. The highest BCUT2D eigenvalue weighted by Gasteiger charge is 2.23. The molecule has 1 saturated heterocycles. The number of amides is 1. The van der Waals surface area contributed by atoms with Gasteiger partial charge in [-0.15, -0.1) is 11.3 Å². The third kappa shape index (κ3) is 4.61. The van der Waals surface area contributed by atoms with Gasteiger partial charge in [0.25, 0.3) is 0 Å². The van der Waals surface area contributed by atoms with E-state index in [1.54, 1.807) is 30.5 Å². The fraction of sp³-hybridized carbons (Fsp3) is 0.240. The van der Waals surface area contributed by atoms with Gasteiger partial charge in [0.05, 0.1) is 23.9 Å². The Balaban J connectivity index is 1.18. The van der Waals surface area contributed by atoms with E-state index in [1.165, 1.54) is 0 Å². The largest absolute Gasteiger partial charge is 0.507 e. The molecular weight excluding hydrogens is 436 g/mol. The first-order valence-electron chi connectivity index (χ1n) is 10.9. The fourth-order valence-corrected chi connectivity index (χ4v) is 4.82. The maximum atomic E-state index is 12.8. The lowest BCUT2D eigenvalue weighted by atomic mass is 10.1. The zero-order chi connectivity index (χ0) is 22.8. The van der Waals surface area contributed by atoms with Crippen molar-refractivity contribution in [2.24, 2.45) is 0 Å². The molecule has 168 valence electrons. The average Bonchev–Trinajstić information content (AvgIpc) is 3.49. The molecule has 4 aromatic rings.